The van der Waals surface area contributed by atoms with Gasteiger partial charge < -0.3 is 0 Å². The quantitative estimate of drug-likeness (QED) is 0.933. The Morgan fingerprint density at radius 2 is 1.58 bits per heavy atom. The van der Waals surface area contributed by atoms with E-state index in [0.717, 1.165) is 0 Å². The second-order valence-electron chi connectivity index (χ2n) is 5.66. The zero-order chi connectivity index (χ0) is 14.9. The molecule has 0 aliphatic rings. The Morgan fingerprint density at radius 3 is 1.95 bits per heavy atom. The van der Waals surface area contributed by atoms with Crippen molar-refractivity contribution in [3.63, 3.8) is 0 Å². The van der Waals surface area contributed by atoms with Gasteiger partial charge in [0.15, 0.2) is 0 Å². The second-order valence-corrected chi connectivity index (χ2v) is 11.7. The normalized spacial score (nSPS) is 13.9. The predicted octanol–water partition coefficient (Wildman–Crippen LogP) is 2.61. The van der Waals surface area contributed by atoms with Crippen LogP contribution in [0.4, 0.5) is 0 Å². The van der Waals surface area contributed by atoms with E-state index in [-0.39, 0.29) is 9.64 Å². The summed E-state index contributed by atoms with van der Waals surface area (Å²) in [6.45, 7) is 6.05. The molecule has 106 valence electrons. The van der Waals surface area contributed by atoms with Gasteiger partial charge in [0.25, 0.3) is 0 Å². The second kappa shape index (κ2) is 5.16. The number of rotatable bonds is 3. The molecule has 0 saturated carbocycles. The molecule has 19 heavy (non-hydrogen) atoms. The van der Waals surface area contributed by atoms with Crippen LogP contribution in [0.3, 0.4) is 0 Å². The topological polar surface area (TPSA) is 70.0 Å². The Kier molecular flexibility index (Phi) is 4.35. The van der Waals surface area contributed by atoms with Gasteiger partial charge in [-0.1, -0.05) is 20.8 Å². The van der Waals surface area contributed by atoms with Gasteiger partial charge in [-0.25, -0.2) is 8.42 Å². The summed E-state index contributed by atoms with van der Waals surface area (Å²) >= 11 is 0. The van der Waals surface area contributed by atoms with E-state index in [1.165, 1.54) is 24.3 Å². The van der Waals surface area contributed by atoms with Crippen LogP contribution in [0, 0.1) is 11.3 Å². The first-order valence-corrected chi connectivity index (χ1v) is 9.69. The van der Waals surface area contributed by atoms with Crippen LogP contribution in [0.2, 0.25) is 0 Å². The zero-order valence-electron chi connectivity index (χ0n) is 11.9. The van der Waals surface area contributed by atoms with Gasteiger partial charge in [-0.05, 0) is 36.8 Å². The number of nitrogens with zero attached hydrogens (tertiary/aromatic N) is 1. The van der Waals surface area contributed by atoms with E-state index >= 15 is 0 Å². The molecule has 0 spiro atoms. The first kappa shape index (κ1) is 16.0. The fraction of sp³-hybridized carbons (Fsp3) is 0.462. The first-order valence-electron chi connectivity index (χ1n) is 5.76. The Hall–Kier alpha value is -1.03. The van der Waals surface area contributed by atoms with Crippen molar-refractivity contribution >= 4 is 20.2 Å². The molecule has 1 aromatic rings. The van der Waals surface area contributed by atoms with Gasteiger partial charge >= 0.3 is 0 Å². The van der Waals surface area contributed by atoms with Crippen molar-refractivity contribution in [1.82, 2.24) is 4.13 Å². The molecule has 0 saturated heterocycles. The molecule has 1 rings (SSSR count). The maximum atomic E-state index is 12.3. The van der Waals surface area contributed by atoms with Crippen LogP contribution in [0.25, 0.3) is 0 Å². The number of hydrogen-bond donors (Lipinski definition) is 1. The molecule has 0 aromatic heterocycles. The number of sulfonamides is 1. The lowest BCUT2D eigenvalue weighted by molar-refractivity contribution is 0.593. The van der Waals surface area contributed by atoms with E-state index in [1.54, 1.807) is 0 Å². The molecule has 0 bridgehead atoms. The van der Waals surface area contributed by atoms with Gasteiger partial charge in [-0.3, -0.25) is 0 Å². The van der Waals surface area contributed by atoms with E-state index in [0.29, 0.717) is 5.56 Å². The molecule has 0 aliphatic heterocycles. The van der Waals surface area contributed by atoms with Crippen LogP contribution in [-0.2, 0) is 10.0 Å². The summed E-state index contributed by atoms with van der Waals surface area (Å²) < 4.78 is 27.3. The average Bonchev–Trinajstić information content (AvgIpc) is 2.26. The molecular formula is C13H20N2O2S2. The maximum absolute atomic E-state index is 12.3. The Bertz CT molecular complexity index is 591. The van der Waals surface area contributed by atoms with Crippen molar-refractivity contribution in [2.75, 3.05) is 12.5 Å². The highest BCUT2D eigenvalue weighted by Crippen LogP contribution is 2.50. The molecule has 0 radical (unpaired) electrons. The summed E-state index contributed by atoms with van der Waals surface area (Å²) in [5, 5.41) is 8.71. The van der Waals surface area contributed by atoms with Crippen LogP contribution in [-0.4, -0.2) is 25.7 Å². The summed E-state index contributed by atoms with van der Waals surface area (Å²) in [6.07, 6.45) is 3.88. The smallest absolute Gasteiger partial charge is 0.206 e. The Balaban J connectivity index is 3.09. The van der Waals surface area contributed by atoms with Gasteiger partial charge in [0.2, 0.25) is 10.0 Å². The third kappa shape index (κ3) is 3.72. The molecule has 0 amide bonds. The fourth-order valence-corrected chi connectivity index (χ4v) is 5.23. The molecule has 1 N–H and O–H groups in total. The van der Waals surface area contributed by atoms with Gasteiger partial charge in [0.05, 0.1) is 16.5 Å². The van der Waals surface area contributed by atoms with E-state index in [2.05, 4.69) is 4.13 Å². The molecule has 0 heterocycles. The number of nitrogens with one attached hydrogen (secondary N) is 1. The summed E-state index contributed by atoms with van der Waals surface area (Å²) in [5.74, 6) is 0. The first-order chi connectivity index (χ1) is 8.49. The molecular weight excluding hydrogens is 280 g/mol. The molecule has 4 nitrogen and oxygen atoms in total. The largest absolute Gasteiger partial charge is 0.248 e. The zero-order valence-corrected chi connectivity index (χ0v) is 13.5. The standard InChI is InChI=1S/C13H20N2O2S2/c1-13(2,3)18(4,5)15-19(16,17)12-8-6-11(10-14)7-9-12/h6-9,15H,1-5H3. The Labute approximate surface area is 117 Å². The summed E-state index contributed by atoms with van der Waals surface area (Å²) in [7, 11) is -5.07. The van der Waals surface area contributed by atoms with Crippen LogP contribution >= 0.6 is 10.2 Å². The minimum atomic E-state index is -3.55. The van der Waals surface area contributed by atoms with E-state index < -0.39 is 20.2 Å². The monoisotopic (exact) mass is 300 g/mol. The van der Waals surface area contributed by atoms with Gasteiger partial charge in [0.1, 0.15) is 0 Å². The lowest BCUT2D eigenvalue weighted by Crippen LogP contribution is -2.37. The summed E-state index contributed by atoms with van der Waals surface area (Å²) in [6, 6.07) is 7.90. The molecule has 0 unspecified atom stereocenters. The van der Waals surface area contributed by atoms with Crippen molar-refractivity contribution in [3.8, 4) is 6.07 Å². The van der Waals surface area contributed by atoms with E-state index in [1.807, 2.05) is 39.4 Å². The van der Waals surface area contributed by atoms with Crippen molar-refractivity contribution in [1.29, 1.82) is 5.26 Å². The van der Waals surface area contributed by atoms with E-state index in [9.17, 15) is 8.42 Å². The number of benzene rings is 1. The third-order valence-electron chi connectivity index (χ3n) is 3.14. The van der Waals surface area contributed by atoms with Crippen molar-refractivity contribution in [2.24, 2.45) is 0 Å². The van der Waals surface area contributed by atoms with Crippen molar-refractivity contribution in [2.45, 2.75) is 30.4 Å². The van der Waals surface area contributed by atoms with E-state index in [4.69, 9.17) is 5.26 Å². The maximum Gasteiger partial charge on any atom is 0.248 e. The van der Waals surface area contributed by atoms with Gasteiger partial charge in [0, 0.05) is 4.75 Å². The molecule has 6 heteroatoms. The van der Waals surface area contributed by atoms with Crippen LogP contribution in [0.5, 0.6) is 0 Å². The molecule has 0 aliphatic carbocycles. The molecule has 1 aromatic carbocycles. The highest BCUT2D eigenvalue weighted by atomic mass is 32.3. The molecule has 0 atom stereocenters. The average molecular weight is 300 g/mol. The number of hydrogen-bond acceptors (Lipinski definition) is 3. The Morgan fingerprint density at radius 1 is 1.11 bits per heavy atom. The number of nitriles is 1. The van der Waals surface area contributed by atoms with Crippen LogP contribution < -0.4 is 4.13 Å². The molecule has 0 fully saturated rings. The lowest BCUT2D eigenvalue weighted by atomic mass is 10.2. The summed E-state index contributed by atoms with van der Waals surface area (Å²) in [4.78, 5) is 0.191. The minimum Gasteiger partial charge on any atom is -0.206 e. The van der Waals surface area contributed by atoms with Crippen LogP contribution in [0.15, 0.2) is 29.2 Å². The highest BCUT2D eigenvalue weighted by molar-refractivity contribution is 8.36. The predicted molar refractivity (Wildman–Crippen MR) is 80.7 cm³/mol. The fourth-order valence-electron chi connectivity index (χ4n) is 1.16. The lowest BCUT2D eigenvalue weighted by Gasteiger charge is -2.44. The van der Waals surface area contributed by atoms with Crippen LogP contribution in [0.1, 0.15) is 26.3 Å². The highest BCUT2D eigenvalue weighted by Gasteiger charge is 2.32. The summed E-state index contributed by atoms with van der Waals surface area (Å²) in [5.41, 5.74) is 0.446. The van der Waals surface area contributed by atoms with Gasteiger partial charge in [-0.2, -0.15) is 19.6 Å². The SMILES string of the molecule is CC(C)(C)S(C)(C)NS(=O)(=O)c1ccc(C#N)cc1. The third-order valence-corrected chi connectivity index (χ3v) is 9.64. The van der Waals surface area contributed by atoms with Crippen molar-refractivity contribution in [3.05, 3.63) is 29.8 Å². The van der Waals surface area contributed by atoms with Crippen molar-refractivity contribution < 1.29 is 8.42 Å². The minimum absolute atomic E-state index is 0.132. The van der Waals surface area contributed by atoms with Gasteiger partial charge in [-0.15, -0.1) is 0 Å².